The summed E-state index contributed by atoms with van der Waals surface area (Å²) in [5.74, 6) is 1.23. The maximum Gasteiger partial charge on any atom is 0.273 e. The monoisotopic (exact) mass is 332 g/mol. The molecule has 3 rings (SSSR count). The Morgan fingerprint density at radius 2 is 2.22 bits per heavy atom. The van der Waals surface area contributed by atoms with E-state index in [-0.39, 0.29) is 5.91 Å². The lowest BCUT2D eigenvalue weighted by Gasteiger charge is -2.32. The number of rotatable bonds is 3. The SMILES string of the molecule is CC1CCC(C(C)C)N(C(=O)c2csc(-c3ccoc3)n2)CC1. The van der Waals surface area contributed by atoms with Gasteiger partial charge in [-0.25, -0.2) is 4.98 Å². The van der Waals surface area contributed by atoms with Crippen molar-refractivity contribution in [1.82, 2.24) is 9.88 Å². The smallest absolute Gasteiger partial charge is 0.273 e. The zero-order chi connectivity index (χ0) is 16.4. The van der Waals surface area contributed by atoms with E-state index >= 15 is 0 Å². The maximum absolute atomic E-state index is 13.0. The predicted molar refractivity (Wildman–Crippen MR) is 92.5 cm³/mol. The number of hydrogen-bond donors (Lipinski definition) is 0. The molecule has 1 fully saturated rings. The van der Waals surface area contributed by atoms with E-state index in [4.69, 9.17) is 4.42 Å². The Labute approximate surface area is 141 Å². The molecule has 0 spiro atoms. The van der Waals surface area contributed by atoms with Gasteiger partial charge in [0.2, 0.25) is 0 Å². The topological polar surface area (TPSA) is 46.3 Å². The van der Waals surface area contributed by atoms with Gasteiger partial charge in [-0.15, -0.1) is 11.3 Å². The van der Waals surface area contributed by atoms with E-state index in [0.29, 0.717) is 23.6 Å². The van der Waals surface area contributed by atoms with Crippen LogP contribution in [0.2, 0.25) is 0 Å². The van der Waals surface area contributed by atoms with Gasteiger partial charge in [-0.1, -0.05) is 20.8 Å². The molecule has 1 aliphatic heterocycles. The number of carbonyl (C=O) groups excluding carboxylic acids is 1. The van der Waals surface area contributed by atoms with Gasteiger partial charge >= 0.3 is 0 Å². The van der Waals surface area contributed by atoms with Gasteiger partial charge < -0.3 is 9.32 Å². The molecule has 3 heterocycles. The van der Waals surface area contributed by atoms with Gasteiger partial charge in [0, 0.05) is 23.5 Å². The second kappa shape index (κ2) is 6.87. The van der Waals surface area contributed by atoms with Crippen LogP contribution < -0.4 is 0 Å². The molecule has 0 radical (unpaired) electrons. The van der Waals surface area contributed by atoms with Crippen molar-refractivity contribution in [3.63, 3.8) is 0 Å². The number of hydrogen-bond acceptors (Lipinski definition) is 4. The van der Waals surface area contributed by atoms with Crippen LogP contribution in [0.25, 0.3) is 10.6 Å². The molecule has 1 amide bonds. The summed E-state index contributed by atoms with van der Waals surface area (Å²) in [4.78, 5) is 19.6. The summed E-state index contributed by atoms with van der Waals surface area (Å²) < 4.78 is 5.10. The van der Waals surface area contributed by atoms with Crippen LogP contribution in [0.15, 0.2) is 28.4 Å². The van der Waals surface area contributed by atoms with E-state index < -0.39 is 0 Å². The first-order valence-electron chi connectivity index (χ1n) is 8.35. The molecule has 1 saturated heterocycles. The first-order chi connectivity index (χ1) is 11.1. The summed E-state index contributed by atoms with van der Waals surface area (Å²) in [6, 6.07) is 2.18. The van der Waals surface area contributed by atoms with Crippen LogP contribution in [-0.2, 0) is 0 Å². The van der Waals surface area contributed by atoms with Gasteiger partial charge in [-0.05, 0) is 37.2 Å². The molecule has 5 heteroatoms. The third-order valence-electron chi connectivity index (χ3n) is 4.74. The minimum Gasteiger partial charge on any atom is -0.472 e. The molecule has 2 aromatic heterocycles. The fourth-order valence-electron chi connectivity index (χ4n) is 3.26. The van der Waals surface area contributed by atoms with E-state index in [2.05, 4.69) is 30.7 Å². The predicted octanol–water partition coefficient (Wildman–Crippen LogP) is 4.69. The van der Waals surface area contributed by atoms with Crippen molar-refractivity contribution in [1.29, 1.82) is 0 Å². The van der Waals surface area contributed by atoms with Crippen molar-refractivity contribution < 1.29 is 9.21 Å². The summed E-state index contributed by atoms with van der Waals surface area (Å²) in [5.41, 5.74) is 1.49. The molecular weight excluding hydrogens is 308 g/mol. The fraction of sp³-hybridized carbons (Fsp3) is 0.556. The Morgan fingerprint density at radius 1 is 1.39 bits per heavy atom. The van der Waals surface area contributed by atoms with Crippen molar-refractivity contribution in [3.05, 3.63) is 29.7 Å². The maximum atomic E-state index is 13.0. The van der Waals surface area contributed by atoms with Crippen LogP contribution >= 0.6 is 11.3 Å². The first kappa shape index (κ1) is 16.2. The highest BCUT2D eigenvalue weighted by Gasteiger charge is 2.31. The number of aromatic nitrogens is 1. The van der Waals surface area contributed by atoms with Crippen molar-refractivity contribution in [2.24, 2.45) is 11.8 Å². The highest BCUT2D eigenvalue weighted by atomic mass is 32.1. The van der Waals surface area contributed by atoms with Gasteiger partial charge in [0.1, 0.15) is 17.0 Å². The van der Waals surface area contributed by atoms with Crippen molar-refractivity contribution in [3.8, 4) is 10.6 Å². The molecule has 0 saturated carbocycles. The molecule has 0 aromatic carbocycles. The van der Waals surface area contributed by atoms with E-state index in [1.807, 2.05) is 11.4 Å². The molecule has 2 atom stereocenters. The Kier molecular flexibility index (Phi) is 4.85. The van der Waals surface area contributed by atoms with Crippen LogP contribution in [-0.4, -0.2) is 28.4 Å². The zero-order valence-corrected chi connectivity index (χ0v) is 14.8. The molecule has 0 N–H and O–H groups in total. The first-order valence-corrected chi connectivity index (χ1v) is 9.23. The highest BCUT2D eigenvalue weighted by molar-refractivity contribution is 7.13. The minimum absolute atomic E-state index is 0.0730. The van der Waals surface area contributed by atoms with Crippen LogP contribution in [0.3, 0.4) is 0 Å². The molecule has 1 aliphatic rings. The standard InChI is InChI=1S/C18H24N2O2S/c1-12(2)16-5-4-13(3)6-8-20(16)18(21)15-11-23-17(19-15)14-7-9-22-10-14/h7,9-13,16H,4-6,8H2,1-3H3. The van der Waals surface area contributed by atoms with E-state index in [1.54, 1.807) is 12.5 Å². The summed E-state index contributed by atoms with van der Waals surface area (Å²) in [6.07, 6.45) is 6.65. The third kappa shape index (κ3) is 3.50. The van der Waals surface area contributed by atoms with Crippen LogP contribution in [0, 0.1) is 11.8 Å². The Balaban J connectivity index is 1.82. The summed E-state index contributed by atoms with van der Waals surface area (Å²) in [7, 11) is 0. The molecular formula is C18H24N2O2S. The average molecular weight is 332 g/mol. The van der Waals surface area contributed by atoms with Crippen molar-refractivity contribution in [2.75, 3.05) is 6.54 Å². The van der Waals surface area contributed by atoms with E-state index in [1.165, 1.54) is 17.8 Å². The molecule has 4 nitrogen and oxygen atoms in total. The normalized spacial score (nSPS) is 22.3. The van der Waals surface area contributed by atoms with Gasteiger partial charge in [0.25, 0.3) is 5.91 Å². The Morgan fingerprint density at radius 3 is 2.91 bits per heavy atom. The second-order valence-corrected chi connectivity index (χ2v) is 7.69. The number of amides is 1. The minimum atomic E-state index is 0.0730. The number of thiazole rings is 1. The van der Waals surface area contributed by atoms with Crippen molar-refractivity contribution in [2.45, 2.75) is 46.1 Å². The Hall–Kier alpha value is -1.62. The molecule has 124 valence electrons. The lowest BCUT2D eigenvalue weighted by Crippen LogP contribution is -2.43. The van der Waals surface area contributed by atoms with Crippen molar-refractivity contribution >= 4 is 17.2 Å². The lowest BCUT2D eigenvalue weighted by molar-refractivity contribution is 0.0626. The fourth-order valence-corrected chi connectivity index (χ4v) is 4.04. The van der Waals surface area contributed by atoms with Crippen LogP contribution in [0.4, 0.5) is 0 Å². The van der Waals surface area contributed by atoms with Crippen LogP contribution in [0.5, 0.6) is 0 Å². The van der Waals surface area contributed by atoms with E-state index in [9.17, 15) is 4.79 Å². The lowest BCUT2D eigenvalue weighted by atomic mass is 9.95. The summed E-state index contributed by atoms with van der Waals surface area (Å²) in [6.45, 7) is 7.53. The Bertz CT molecular complexity index is 648. The van der Waals surface area contributed by atoms with Gasteiger partial charge in [-0.3, -0.25) is 4.79 Å². The second-order valence-electron chi connectivity index (χ2n) is 6.83. The average Bonchev–Trinajstić information content (AvgIpc) is 3.16. The number of likely N-dealkylation sites (tertiary alicyclic amines) is 1. The number of nitrogens with zero attached hydrogens (tertiary/aromatic N) is 2. The molecule has 2 aromatic rings. The molecule has 2 unspecified atom stereocenters. The molecule has 23 heavy (non-hydrogen) atoms. The van der Waals surface area contributed by atoms with Gasteiger partial charge in [0.15, 0.2) is 0 Å². The largest absolute Gasteiger partial charge is 0.472 e. The van der Waals surface area contributed by atoms with E-state index in [0.717, 1.165) is 30.0 Å². The molecule has 0 bridgehead atoms. The van der Waals surface area contributed by atoms with Crippen LogP contribution in [0.1, 0.15) is 50.5 Å². The summed E-state index contributed by atoms with van der Waals surface area (Å²) in [5, 5.41) is 2.71. The van der Waals surface area contributed by atoms with Gasteiger partial charge in [-0.2, -0.15) is 0 Å². The summed E-state index contributed by atoms with van der Waals surface area (Å²) >= 11 is 1.50. The zero-order valence-electron chi connectivity index (χ0n) is 14.0. The quantitative estimate of drug-likeness (QED) is 0.819. The third-order valence-corrected chi connectivity index (χ3v) is 5.63. The number of furan rings is 1. The molecule has 0 aliphatic carbocycles. The highest BCUT2D eigenvalue weighted by Crippen LogP contribution is 2.29. The number of carbonyl (C=O) groups is 1. The van der Waals surface area contributed by atoms with Gasteiger partial charge in [0.05, 0.1) is 6.26 Å².